The lowest BCUT2D eigenvalue weighted by Gasteiger charge is -2.20. The molecule has 5 atom stereocenters. The van der Waals surface area contributed by atoms with Crippen molar-refractivity contribution < 1.29 is 23.9 Å². The topological polar surface area (TPSA) is 125 Å². The first kappa shape index (κ1) is 14.1. The minimum atomic E-state index is -0.897. The lowest BCUT2D eigenvalue weighted by atomic mass is 9.84. The summed E-state index contributed by atoms with van der Waals surface area (Å²) >= 11 is 0. The van der Waals surface area contributed by atoms with Gasteiger partial charge in [0.15, 0.2) is 5.78 Å². The van der Waals surface area contributed by atoms with Crippen molar-refractivity contribution >= 4 is 17.7 Å². The van der Waals surface area contributed by atoms with E-state index in [2.05, 4.69) is 4.74 Å². The third-order valence-corrected chi connectivity index (χ3v) is 3.50. The number of rotatable bonds is 4. The van der Waals surface area contributed by atoms with Gasteiger partial charge in [-0.25, -0.2) is 9.59 Å². The summed E-state index contributed by atoms with van der Waals surface area (Å²) in [6, 6.07) is -1.76. The second kappa shape index (κ2) is 5.36. The van der Waals surface area contributed by atoms with Gasteiger partial charge in [0.05, 0.1) is 6.10 Å². The maximum absolute atomic E-state index is 11.6. The van der Waals surface area contributed by atoms with E-state index in [1.165, 1.54) is 6.92 Å². The van der Waals surface area contributed by atoms with E-state index in [4.69, 9.17) is 16.2 Å². The van der Waals surface area contributed by atoms with Crippen LogP contribution in [0.4, 0.5) is 0 Å². The molecule has 106 valence electrons. The number of fused-ring (bicyclic) bond motifs is 1. The van der Waals surface area contributed by atoms with Crippen molar-refractivity contribution in [3.8, 4) is 0 Å². The quantitative estimate of drug-likeness (QED) is 0.376. The monoisotopic (exact) mass is 270 g/mol. The molecule has 5 unspecified atom stereocenters. The van der Waals surface area contributed by atoms with E-state index in [0.29, 0.717) is 19.3 Å². The number of hydrogen-bond donors (Lipinski definition) is 2. The first-order valence-corrected chi connectivity index (χ1v) is 6.35. The molecule has 1 saturated heterocycles. The first-order valence-electron chi connectivity index (χ1n) is 6.35. The fourth-order valence-electron chi connectivity index (χ4n) is 2.32. The fraction of sp³-hybridized carbons (Fsp3) is 0.750. The number of hydrogen-bond acceptors (Lipinski definition) is 7. The Bertz CT molecular complexity index is 409. The Labute approximate surface area is 110 Å². The maximum Gasteiger partial charge on any atom is 0.330 e. The van der Waals surface area contributed by atoms with E-state index in [9.17, 15) is 14.4 Å². The van der Waals surface area contributed by atoms with Gasteiger partial charge < -0.3 is 20.9 Å². The molecule has 2 aliphatic rings. The fourth-order valence-corrected chi connectivity index (χ4v) is 2.32. The summed E-state index contributed by atoms with van der Waals surface area (Å²) in [4.78, 5) is 34.1. The van der Waals surface area contributed by atoms with Crippen LogP contribution < -0.4 is 11.5 Å². The van der Waals surface area contributed by atoms with E-state index in [-0.39, 0.29) is 23.9 Å². The average Bonchev–Trinajstić information content (AvgIpc) is 3.13. The Kier molecular flexibility index (Phi) is 3.98. The Hall–Kier alpha value is -1.31. The summed E-state index contributed by atoms with van der Waals surface area (Å²) in [6.07, 6.45) is 1.02. The van der Waals surface area contributed by atoms with Crippen LogP contribution in [0.5, 0.6) is 0 Å². The molecule has 0 aromatic carbocycles. The van der Waals surface area contributed by atoms with E-state index in [0.717, 1.165) is 0 Å². The molecule has 1 heterocycles. The summed E-state index contributed by atoms with van der Waals surface area (Å²) in [5.41, 5.74) is 11.0. The SMILES string of the molecule is CC(N)C(=O)OC(=O)C(N)CC1CCC(=O)C2OC12. The highest BCUT2D eigenvalue weighted by Gasteiger charge is 2.52. The molecule has 0 amide bonds. The molecule has 1 aliphatic heterocycles. The minimum absolute atomic E-state index is 0.0654. The molecule has 0 aromatic rings. The van der Waals surface area contributed by atoms with Gasteiger partial charge in [-0.1, -0.05) is 0 Å². The van der Waals surface area contributed by atoms with Crippen molar-refractivity contribution in [3.05, 3.63) is 0 Å². The van der Waals surface area contributed by atoms with Crippen LogP contribution in [0, 0.1) is 5.92 Å². The molecule has 0 bridgehead atoms. The molecular formula is C12H18N2O5. The number of Topliss-reactive ketones (excluding diaryl/α,β-unsaturated/α-hetero) is 1. The van der Waals surface area contributed by atoms with Crippen molar-refractivity contribution in [1.29, 1.82) is 0 Å². The van der Waals surface area contributed by atoms with Crippen LogP contribution >= 0.6 is 0 Å². The van der Waals surface area contributed by atoms with Gasteiger partial charge in [-0.2, -0.15) is 0 Å². The van der Waals surface area contributed by atoms with Gasteiger partial charge in [-0.15, -0.1) is 0 Å². The van der Waals surface area contributed by atoms with E-state index < -0.39 is 24.0 Å². The van der Waals surface area contributed by atoms with Gasteiger partial charge in [-0.05, 0) is 25.7 Å². The molecule has 0 aromatic heterocycles. The molecule has 7 heteroatoms. The van der Waals surface area contributed by atoms with Gasteiger partial charge in [0.25, 0.3) is 0 Å². The van der Waals surface area contributed by atoms with Crippen molar-refractivity contribution in [1.82, 2.24) is 0 Å². The molecule has 7 nitrogen and oxygen atoms in total. The number of nitrogens with two attached hydrogens (primary N) is 2. The molecular weight excluding hydrogens is 252 g/mol. The highest BCUT2D eigenvalue weighted by atomic mass is 16.6. The number of epoxide rings is 1. The van der Waals surface area contributed by atoms with Gasteiger partial charge in [0, 0.05) is 6.42 Å². The molecule has 0 radical (unpaired) electrons. The Morgan fingerprint density at radius 2 is 2.11 bits per heavy atom. The number of ether oxygens (including phenoxy) is 2. The van der Waals surface area contributed by atoms with Crippen LogP contribution in [0.1, 0.15) is 26.2 Å². The molecule has 2 rings (SSSR count). The summed E-state index contributed by atoms with van der Waals surface area (Å²) in [5, 5.41) is 0. The van der Waals surface area contributed by atoms with Crippen molar-refractivity contribution in [2.45, 2.75) is 50.5 Å². The number of carbonyl (C=O) groups is 3. The van der Waals surface area contributed by atoms with E-state index in [1.54, 1.807) is 0 Å². The van der Waals surface area contributed by atoms with Crippen molar-refractivity contribution in [2.24, 2.45) is 17.4 Å². The standard InChI is InChI=1S/C12H18N2O5/c1-5(13)11(16)19-12(17)7(14)4-6-2-3-8(15)10-9(6)18-10/h5-7,9-10H,2-4,13-14H2,1H3. The first-order chi connectivity index (χ1) is 8.90. The summed E-state index contributed by atoms with van der Waals surface area (Å²) < 4.78 is 9.81. The number of ketones is 1. The zero-order chi connectivity index (χ0) is 14.2. The highest BCUT2D eigenvalue weighted by molar-refractivity contribution is 5.90. The summed E-state index contributed by atoms with van der Waals surface area (Å²) in [7, 11) is 0. The number of esters is 2. The molecule has 1 saturated carbocycles. The third kappa shape index (κ3) is 3.17. The highest BCUT2D eigenvalue weighted by Crippen LogP contribution is 2.40. The van der Waals surface area contributed by atoms with Gasteiger partial charge in [0.1, 0.15) is 18.2 Å². The average molecular weight is 270 g/mol. The molecule has 4 N–H and O–H groups in total. The van der Waals surface area contributed by atoms with Gasteiger partial charge >= 0.3 is 11.9 Å². The zero-order valence-corrected chi connectivity index (χ0v) is 10.7. The molecule has 19 heavy (non-hydrogen) atoms. The van der Waals surface area contributed by atoms with Crippen LogP contribution in [-0.4, -0.2) is 42.0 Å². The molecule has 1 aliphatic carbocycles. The number of carbonyl (C=O) groups excluding carboxylic acids is 3. The van der Waals surface area contributed by atoms with Crippen molar-refractivity contribution in [3.63, 3.8) is 0 Å². The van der Waals surface area contributed by atoms with Crippen molar-refractivity contribution in [2.75, 3.05) is 0 Å². The smallest absolute Gasteiger partial charge is 0.330 e. The Morgan fingerprint density at radius 3 is 2.74 bits per heavy atom. The van der Waals surface area contributed by atoms with Crippen LogP contribution in [0.2, 0.25) is 0 Å². The van der Waals surface area contributed by atoms with E-state index >= 15 is 0 Å². The van der Waals surface area contributed by atoms with Crippen LogP contribution in [0.3, 0.4) is 0 Å². The summed E-state index contributed by atoms with van der Waals surface area (Å²) in [6.45, 7) is 1.43. The second-order valence-electron chi connectivity index (χ2n) is 5.16. The maximum atomic E-state index is 11.6. The predicted molar refractivity (Wildman–Crippen MR) is 63.7 cm³/mol. The molecule has 2 fully saturated rings. The normalized spacial score (nSPS) is 32.2. The summed E-state index contributed by atoms with van der Waals surface area (Å²) in [5.74, 6) is -1.39. The zero-order valence-electron chi connectivity index (χ0n) is 10.7. The Balaban J connectivity index is 1.81. The lowest BCUT2D eigenvalue weighted by Crippen LogP contribution is -2.40. The van der Waals surface area contributed by atoms with E-state index in [1.807, 2.05) is 0 Å². The lowest BCUT2D eigenvalue weighted by molar-refractivity contribution is -0.161. The molecule has 0 spiro atoms. The van der Waals surface area contributed by atoms with Crippen LogP contribution in [0.15, 0.2) is 0 Å². The Morgan fingerprint density at radius 1 is 1.42 bits per heavy atom. The second-order valence-corrected chi connectivity index (χ2v) is 5.16. The van der Waals surface area contributed by atoms with Gasteiger partial charge in [-0.3, -0.25) is 4.79 Å². The van der Waals surface area contributed by atoms with Crippen LogP contribution in [0.25, 0.3) is 0 Å². The van der Waals surface area contributed by atoms with Crippen LogP contribution in [-0.2, 0) is 23.9 Å². The minimum Gasteiger partial charge on any atom is -0.391 e. The predicted octanol–water partition coefficient (Wildman–Crippen LogP) is -1.13. The van der Waals surface area contributed by atoms with Gasteiger partial charge in [0.2, 0.25) is 0 Å². The third-order valence-electron chi connectivity index (χ3n) is 3.50. The largest absolute Gasteiger partial charge is 0.391 e.